The van der Waals surface area contributed by atoms with Gasteiger partial charge in [-0.2, -0.15) is 0 Å². The first kappa shape index (κ1) is 26.0. The molecular weight excluding hydrogens is 474 g/mol. The van der Waals surface area contributed by atoms with Gasteiger partial charge in [0.1, 0.15) is 0 Å². The molecule has 1 atom stereocenters. The molecule has 38 heavy (non-hydrogen) atoms. The number of hydrogen-bond acceptors (Lipinski definition) is 4. The zero-order valence-corrected chi connectivity index (χ0v) is 22.1. The largest absolute Gasteiger partial charge is 0.376 e. The van der Waals surface area contributed by atoms with Crippen molar-refractivity contribution in [1.29, 1.82) is 0 Å². The summed E-state index contributed by atoms with van der Waals surface area (Å²) in [5.74, 6) is 0.329. The van der Waals surface area contributed by atoms with Crippen LogP contribution in [0.1, 0.15) is 57.5 Å². The number of carbonyl (C=O) groups excluding carboxylic acids is 2. The Labute approximate surface area is 225 Å². The molecule has 0 bridgehead atoms. The highest BCUT2D eigenvalue weighted by Crippen LogP contribution is 2.30. The molecule has 2 saturated heterocycles. The van der Waals surface area contributed by atoms with Crippen LogP contribution < -0.4 is 15.5 Å². The zero-order valence-electron chi connectivity index (χ0n) is 22.1. The average molecular weight is 512 g/mol. The van der Waals surface area contributed by atoms with Gasteiger partial charge in [-0.15, -0.1) is 0 Å². The quantitative estimate of drug-likeness (QED) is 0.412. The molecule has 0 radical (unpaired) electrons. The molecule has 2 fully saturated rings. The monoisotopic (exact) mass is 511 g/mol. The van der Waals surface area contributed by atoms with Gasteiger partial charge in [0.25, 0.3) is 11.8 Å². The Kier molecular flexibility index (Phi) is 8.39. The number of rotatable bonds is 8. The van der Waals surface area contributed by atoms with E-state index in [1.807, 2.05) is 49.4 Å². The van der Waals surface area contributed by atoms with Crippen molar-refractivity contribution >= 4 is 23.2 Å². The Hall–Kier alpha value is -3.64. The van der Waals surface area contributed by atoms with Crippen molar-refractivity contribution in [3.05, 3.63) is 95.1 Å². The molecule has 3 aromatic carbocycles. The lowest BCUT2D eigenvalue weighted by Gasteiger charge is -2.35. The lowest BCUT2D eigenvalue weighted by molar-refractivity contribution is 0.0858. The lowest BCUT2D eigenvalue weighted by Crippen LogP contribution is -2.37. The molecule has 6 nitrogen and oxygen atoms in total. The topological polar surface area (TPSA) is 70.7 Å². The van der Waals surface area contributed by atoms with Crippen LogP contribution in [-0.4, -0.2) is 44.2 Å². The van der Waals surface area contributed by atoms with E-state index in [-0.39, 0.29) is 17.9 Å². The van der Waals surface area contributed by atoms with Gasteiger partial charge in [-0.3, -0.25) is 9.59 Å². The minimum atomic E-state index is -0.178. The predicted octanol–water partition coefficient (Wildman–Crippen LogP) is 5.62. The average Bonchev–Trinajstić information content (AvgIpc) is 3.47. The highest BCUT2D eigenvalue weighted by Gasteiger charge is 2.25. The minimum absolute atomic E-state index is 0.0695. The fourth-order valence-corrected chi connectivity index (χ4v) is 5.53. The van der Waals surface area contributed by atoms with E-state index < -0.39 is 0 Å². The van der Waals surface area contributed by atoms with Crippen molar-refractivity contribution in [2.24, 2.45) is 5.92 Å². The van der Waals surface area contributed by atoms with Gasteiger partial charge in [-0.1, -0.05) is 48.5 Å². The maximum atomic E-state index is 13.4. The van der Waals surface area contributed by atoms with Crippen LogP contribution in [-0.2, 0) is 11.2 Å². The first-order valence-corrected chi connectivity index (χ1v) is 13.8. The van der Waals surface area contributed by atoms with E-state index in [1.165, 1.54) is 5.56 Å². The standard InChI is InChI=1S/C32H37N3O3/c1-23-8-5-6-12-28(23)32(37)34-26-13-14-30(29(21-26)31(36)33-22-27-11-7-19-38-27)35-17-15-25(16-18-35)20-24-9-3-2-4-10-24/h2-6,8-10,12-14,21,25,27H,7,11,15-20,22H2,1H3,(H,33,36)(H,34,37). The lowest BCUT2D eigenvalue weighted by atomic mass is 9.89. The number of anilines is 2. The molecule has 2 amide bonds. The molecule has 1 unspecified atom stereocenters. The fraction of sp³-hybridized carbons (Fsp3) is 0.375. The molecule has 0 aliphatic carbocycles. The maximum Gasteiger partial charge on any atom is 0.255 e. The second kappa shape index (κ2) is 12.3. The SMILES string of the molecule is Cc1ccccc1C(=O)Nc1ccc(N2CCC(Cc3ccccc3)CC2)c(C(=O)NCC2CCCO2)c1. The van der Waals surface area contributed by atoms with Gasteiger partial charge in [0.05, 0.1) is 11.7 Å². The molecule has 2 aliphatic heterocycles. The summed E-state index contributed by atoms with van der Waals surface area (Å²) in [5, 5.41) is 6.07. The number of hydrogen-bond donors (Lipinski definition) is 2. The van der Waals surface area contributed by atoms with E-state index in [0.29, 0.717) is 29.3 Å². The molecule has 2 aliphatic rings. The van der Waals surface area contributed by atoms with Crippen LogP contribution in [0, 0.1) is 12.8 Å². The summed E-state index contributed by atoms with van der Waals surface area (Å²) in [6, 6.07) is 23.9. The van der Waals surface area contributed by atoms with Gasteiger partial charge in [0.2, 0.25) is 0 Å². The van der Waals surface area contributed by atoms with Crippen LogP contribution in [0.2, 0.25) is 0 Å². The van der Waals surface area contributed by atoms with Gasteiger partial charge in [0.15, 0.2) is 0 Å². The Balaban J connectivity index is 1.31. The van der Waals surface area contributed by atoms with Crippen LogP contribution in [0.3, 0.4) is 0 Å². The highest BCUT2D eigenvalue weighted by atomic mass is 16.5. The minimum Gasteiger partial charge on any atom is -0.376 e. The van der Waals surface area contributed by atoms with Crippen LogP contribution >= 0.6 is 0 Å². The van der Waals surface area contributed by atoms with Crippen molar-refractivity contribution in [2.75, 3.05) is 36.5 Å². The van der Waals surface area contributed by atoms with Crippen molar-refractivity contribution in [2.45, 2.75) is 45.1 Å². The van der Waals surface area contributed by atoms with Gasteiger partial charge in [-0.25, -0.2) is 0 Å². The van der Waals surface area contributed by atoms with Crippen LogP contribution in [0.5, 0.6) is 0 Å². The Morgan fingerprint density at radius 2 is 1.66 bits per heavy atom. The molecule has 3 aromatic rings. The molecule has 198 valence electrons. The molecule has 2 N–H and O–H groups in total. The van der Waals surface area contributed by atoms with Crippen molar-refractivity contribution in [3.63, 3.8) is 0 Å². The van der Waals surface area contributed by atoms with E-state index in [4.69, 9.17) is 4.74 Å². The summed E-state index contributed by atoms with van der Waals surface area (Å²) in [4.78, 5) is 28.7. The third-order valence-electron chi connectivity index (χ3n) is 7.73. The van der Waals surface area contributed by atoms with Gasteiger partial charge in [-0.05, 0) is 80.3 Å². The fourth-order valence-electron chi connectivity index (χ4n) is 5.53. The van der Waals surface area contributed by atoms with Crippen LogP contribution in [0.15, 0.2) is 72.8 Å². The third-order valence-corrected chi connectivity index (χ3v) is 7.73. The number of aryl methyl sites for hydroxylation is 1. The van der Waals surface area contributed by atoms with Crippen molar-refractivity contribution in [3.8, 4) is 0 Å². The molecule has 6 heteroatoms. The molecule has 5 rings (SSSR count). The van der Waals surface area contributed by atoms with Crippen molar-refractivity contribution in [1.82, 2.24) is 5.32 Å². The summed E-state index contributed by atoms with van der Waals surface area (Å²) in [6.45, 7) is 4.97. The van der Waals surface area contributed by atoms with E-state index in [0.717, 1.165) is 63.1 Å². The van der Waals surface area contributed by atoms with Gasteiger partial charge >= 0.3 is 0 Å². The van der Waals surface area contributed by atoms with Gasteiger partial charge in [0, 0.05) is 43.2 Å². The maximum absolute atomic E-state index is 13.4. The number of carbonyl (C=O) groups is 2. The van der Waals surface area contributed by atoms with E-state index >= 15 is 0 Å². The number of nitrogens with zero attached hydrogens (tertiary/aromatic N) is 1. The highest BCUT2D eigenvalue weighted by molar-refractivity contribution is 6.07. The number of nitrogens with one attached hydrogen (secondary N) is 2. The van der Waals surface area contributed by atoms with E-state index in [9.17, 15) is 9.59 Å². The summed E-state index contributed by atoms with van der Waals surface area (Å²) >= 11 is 0. The first-order chi connectivity index (χ1) is 18.6. The number of benzene rings is 3. The Morgan fingerprint density at radius 3 is 2.39 bits per heavy atom. The molecule has 0 saturated carbocycles. The number of piperidine rings is 1. The summed E-state index contributed by atoms with van der Waals surface area (Å²) in [7, 11) is 0. The molecular formula is C32H37N3O3. The second-order valence-corrected chi connectivity index (χ2v) is 10.5. The summed E-state index contributed by atoms with van der Waals surface area (Å²) in [6.07, 6.45) is 5.32. The van der Waals surface area contributed by atoms with Gasteiger partial charge < -0.3 is 20.3 Å². The number of amides is 2. The number of ether oxygens (including phenoxy) is 1. The summed E-state index contributed by atoms with van der Waals surface area (Å²) < 4.78 is 5.70. The molecule has 0 aromatic heterocycles. The second-order valence-electron chi connectivity index (χ2n) is 10.5. The normalized spacial score (nSPS) is 17.8. The van der Waals surface area contributed by atoms with Crippen molar-refractivity contribution < 1.29 is 14.3 Å². The Bertz CT molecular complexity index is 1250. The zero-order chi connectivity index (χ0) is 26.3. The first-order valence-electron chi connectivity index (χ1n) is 13.8. The van der Waals surface area contributed by atoms with Crippen LogP contribution in [0.4, 0.5) is 11.4 Å². The van der Waals surface area contributed by atoms with Crippen LogP contribution in [0.25, 0.3) is 0 Å². The smallest absolute Gasteiger partial charge is 0.255 e. The molecule has 2 heterocycles. The van der Waals surface area contributed by atoms with E-state index in [2.05, 4.69) is 45.9 Å². The Morgan fingerprint density at radius 1 is 0.895 bits per heavy atom. The predicted molar refractivity (Wildman–Crippen MR) is 152 cm³/mol. The molecule has 0 spiro atoms. The van der Waals surface area contributed by atoms with E-state index in [1.54, 1.807) is 0 Å². The summed E-state index contributed by atoms with van der Waals surface area (Å²) in [5.41, 5.74) is 5.04. The third kappa shape index (κ3) is 6.43.